The molecule has 5 nitrogen and oxygen atoms in total. The molecule has 0 amide bonds. The summed E-state index contributed by atoms with van der Waals surface area (Å²) in [5.74, 6) is 2.23. The second-order valence-electron chi connectivity index (χ2n) is 3.83. The van der Waals surface area contributed by atoms with Gasteiger partial charge in [-0.2, -0.15) is 4.98 Å². The Labute approximate surface area is 100 Å². The Morgan fingerprint density at radius 1 is 1.29 bits per heavy atom. The molecule has 1 aromatic carbocycles. The summed E-state index contributed by atoms with van der Waals surface area (Å²) in [7, 11) is 3.64. The Bertz CT molecular complexity index is 490. The molecule has 0 atom stereocenters. The standard InChI is InChI=1S/C12H16N4O/c1-9-4-6-10(7-5-9)17-8-11-14-12(13-2)15-16(11)3/h4-7H,8H2,1-3H3,(H,13,15). The molecule has 17 heavy (non-hydrogen) atoms. The lowest BCUT2D eigenvalue weighted by Crippen LogP contribution is -2.04. The molecule has 0 aliphatic carbocycles. The van der Waals surface area contributed by atoms with Crippen molar-refractivity contribution in [3.05, 3.63) is 35.7 Å². The van der Waals surface area contributed by atoms with Gasteiger partial charge >= 0.3 is 0 Å². The maximum atomic E-state index is 5.63. The molecule has 5 heteroatoms. The van der Waals surface area contributed by atoms with Crippen molar-refractivity contribution in [1.29, 1.82) is 0 Å². The van der Waals surface area contributed by atoms with Crippen molar-refractivity contribution in [2.24, 2.45) is 7.05 Å². The lowest BCUT2D eigenvalue weighted by Gasteiger charge is -2.05. The molecule has 0 aliphatic rings. The van der Waals surface area contributed by atoms with Gasteiger partial charge in [-0.05, 0) is 19.1 Å². The molecule has 0 bridgehead atoms. The molecular weight excluding hydrogens is 216 g/mol. The number of aromatic nitrogens is 3. The van der Waals surface area contributed by atoms with Crippen LogP contribution in [0.25, 0.3) is 0 Å². The van der Waals surface area contributed by atoms with Crippen molar-refractivity contribution in [3.8, 4) is 5.75 Å². The van der Waals surface area contributed by atoms with Crippen LogP contribution in [-0.2, 0) is 13.7 Å². The average Bonchev–Trinajstić information content (AvgIpc) is 2.69. The maximum absolute atomic E-state index is 5.63. The number of aryl methyl sites for hydroxylation is 2. The van der Waals surface area contributed by atoms with Crippen molar-refractivity contribution in [2.75, 3.05) is 12.4 Å². The molecule has 1 aromatic heterocycles. The van der Waals surface area contributed by atoms with Gasteiger partial charge < -0.3 is 10.1 Å². The first kappa shape index (κ1) is 11.4. The topological polar surface area (TPSA) is 52.0 Å². The number of nitrogens with zero attached hydrogens (tertiary/aromatic N) is 3. The summed E-state index contributed by atoms with van der Waals surface area (Å²) in [5, 5.41) is 7.07. The molecule has 0 unspecified atom stereocenters. The molecule has 0 saturated carbocycles. The molecule has 1 heterocycles. The van der Waals surface area contributed by atoms with Crippen LogP contribution in [0.1, 0.15) is 11.4 Å². The summed E-state index contributed by atoms with van der Waals surface area (Å²) < 4.78 is 7.34. The predicted octanol–water partition coefficient (Wildman–Crippen LogP) is 1.74. The highest BCUT2D eigenvalue weighted by atomic mass is 16.5. The number of rotatable bonds is 4. The summed E-state index contributed by atoms with van der Waals surface area (Å²) >= 11 is 0. The largest absolute Gasteiger partial charge is 0.486 e. The van der Waals surface area contributed by atoms with E-state index < -0.39 is 0 Å². The minimum Gasteiger partial charge on any atom is -0.486 e. The van der Waals surface area contributed by atoms with Gasteiger partial charge in [0, 0.05) is 14.1 Å². The molecule has 0 fully saturated rings. The molecule has 0 saturated heterocycles. The molecule has 2 rings (SSSR count). The summed E-state index contributed by atoms with van der Waals surface area (Å²) in [6, 6.07) is 7.94. The van der Waals surface area contributed by atoms with Crippen molar-refractivity contribution < 1.29 is 4.74 Å². The fraction of sp³-hybridized carbons (Fsp3) is 0.333. The minimum atomic E-state index is 0.411. The predicted molar refractivity (Wildman–Crippen MR) is 66.1 cm³/mol. The molecule has 2 aromatic rings. The second-order valence-corrected chi connectivity index (χ2v) is 3.83. The Balaban J connectivity index is 2.01. The van der Waals surface area contributed by atoms with Gasteiger partial charge in [0.25, 0.3) is 0 Å². The Hall–Kier alpha value is -2.04. The Morgan fingerprint density at radius 2 is 2.00 bits per heavy atom. The highest BCUT2D eigenvalue weighted by molar-refractivity contribution is 5.26. The smallest absolute Gasteiger partial charge is 0.242 e. The first-order valence-corrected chi connectivity index (χ1v) is 5.46. The van der Waals surface area contributed by atoms with Gasteiger partial charge in [-0.25, -0.2) is 4.68 Å². The normalized spacial score (nSPS) is 10.3. The monoisotopic (exact) mass is 232 g/mol. The highest BCUT2D eigenvalue weighted by Crippen LogP contribution is 2.13. The minimum absolute atomic E-state index is 0.411. The number of benzene rings is 1. The zero-order valence-corrected chi connectivity index (χ0v) is 10.3. The third-order valence-corrected chi connectivity index (χ3v) is 2.47. The summed E-state index contributed by atoms with van der Waals surface area (Å²) in [4.78, 5) is 4.28. The van der Waals surface area contributed by atoms with Gasteiger partial charge in [-0.15, -0.1) is 5.10 Å². The molecule has 0 aliphatic heterocycles. The quantitative estimate of drug-likeness (QED) is 0.872. The lowest BCUT2D eigenvalue weighted by atomic mass is 10.2. The van der Waals surface area contributed by atoms with Gasteiger partial charge in [-0.3, -0.25) is 0 Å². The maximum Gasteiger partial charge on any atom is 0.242 e. The third-order valence-electron chi connectivity index (χ3n) is 2.47. The van der Waals surface area contributed by atoms with Crippen LogP contribution in [0.2, 0.25) is 0 Å². The number of nitrogens with one attached hydrogen (secondary N) is 1. The van der Waals surface area contributed by atoms with E-state index in [4.69, 9.17) is 4.74 Å². The van der Waals surface area contributed by atoms with E-state index in [2.05, 4.69) is 15.4 Å². The van der Waals surface area contributed by atoms with E-state index in [0.717, 1.165) is 11.6 Å². The molecule has 1 N–H and O–H groups in total. The molecule has 0 radical (unpaired) electrons. The Kier molecular flexibility index (Phi) is 3.27. The molecule has 90 valence electrons. The Morgan fingerprint density at radius 3 is 2.59 bits per heavy atom. The van der Waals surface area contributed by atoms with E-state index in [9.17, 15) is 0 Å². The van der Waals surface area contributed by atoms with Crippen LogP contribution in [-0.4, -0.2) is 21.8 Å². The first-order chi connectivity index (χ1) is 8.19. The van der Waals surface area contributed by atoms with E-state index in [1.807, 2.05) is 38.2 Å². The van der Waals surface area contributed by atoms with Crippen LogP contribution >= 0.6 is 0 Å². The number of anilines is 1. The summed E-state index contributed by atoms with van der Waals surface area (Å²) in [6.45, 7) is 2.46. The molecule has 0 spiro atoms. The fourth-order valence-corrected chi connectivity index (χ4v) is 1.43. The molecular formula is C12H16N4O. The van der Waals surface area contributed by atoms with Crippen LogP contribution in [0.4, 0.5) is 5.95 Å². The average molecular weight is 232 g/mol. The van der Waals surface area contributed by atoms with Crippen LogP contribution in [0.3, 0.4) is 0 Å². The van der Waals surface area contributed by atoms with Crippen molar-refractivity contribution >= 4 is 5.95 Å². The number of hydrogen-bond acceptors (Lipinski definition) is 4. The summed E-state index contributed by atoms with van der Waals surface area (Å²) in [5.41, 5.74) is 1.22. The number of ether oxygens (including phenoxy) is 1. The zero-order valence-electron chi connectivity index (χ0n) is 10.3. The number of hydrogen-bond donors (Lipinski definition) is 1. The van der Waals surface area contributed by atoms with Crippen LogP contribution < -0.4 is 10.1 Å². The fourth-order valence-electron chi connectivity index (χ4n) is 1.43. The van der Waals surface area contributed by atoms with E-state index in [1.54, 1.807) is 11.7 Å². The van der Waals surface area contributed by atoms with Crippen LogP contribution in [0.15, 0.2) is 24.3 Å². The van der Waals surface area contributed by atoms with Gasteiger partial charge in [0.05, 0.1) is 0 Å². The zero-order chi connectivity index (χ0) is 12.3. The van der Waals surface area contributed by atoms with E-state index in [-0.39, 0.29) is 0 Å². The van der Waals surface area contributed by atoms with E-state index >= 15 is 0 Å². The van der Waals surface area contributed by atoms with Gasteiger partial charge in [0.15, 0.2) is 5.82 Å². The van der Waals surface area contributed by atoms with Crippen molar-refractivity contribution in [3.63, 3.8) is 0 Å². The van der Waals surface area contributed by atoms with Crippen molar-refractivity contribution in [1.82, 2.24) is 14.8 Å². The highest BCUT2D eigenvalue weighted by Gasteiger charge is 2.06. The van der Waals surface area contributed by atoms with Gasteiger partial charge in [0.2, 0.25) is 5.95 Å². The van der Waals surface area contributed by atoms with Gasteiger partial charge in [0.1, 0.15) is 12.4 Å². The van der Waals surface area contributed by atoms with Crippen LogP contribution in [0.5, 0.6) is 5.75 Å². The summed E-state index contributed by atoms with van der Waals surface area (Å²) in [6.07, 6.45) is 0. The van der Waals surface area contributed by atoms with E-state index in [1.165, 1.54) is 5.56 Å². The SMILES string of the molecule is CNc1nc(COc2ccc(C)cc2)n(C)n1. The second kappa shape index (κ2) is 4.86. The lowest BCUT2D eigenvalue weighted by molar-refractivity contribution is 0.289. The van der Waals surface area contributed by atoms with Crippen molar-refractivity contribution in [2.45, 2.75) is 13.5 Å². The van der Waals surface area contributed by atoms with Gasteiger partial charge in [-0.1, -0.05) is 17.7 Å². The van der Waals surface area contributed by atoms with Crippen LogP contribution in [0, 0.1) is 6.92 Å². The third kappa shape index (κ3) is 2.75. The first-order valence-electron chi connectivity index (χ1n) is 5.46. The van der Waals surface area contributed by atoms with E-state index in [0.29, 0.717) is 12.6 Å².